The van der Waals surface area contributed by atoms with Crippen molar-refractivity contribution in [3.63, 3.8) is 0 Å². The summed E-state index contributed by atoms with van der Waals surface area (Å²) in [5, 5.41) is 18.4. The van der Waals surface area contributed by atoms with Gasteiger partial charge in [0.2, 0.25) is 0 Å². The first-order valence-corrected chi connectivity index (χ1v) is 4.46. The zero-order valence-corrected chi connectivity index (χ0v) is 8.31. The van der Waals surface area contributed by atoms with E-state index in [-0.39, 0.29) is 4.47 Å². The van der Waals surface area contributed by atoms with Gasteiger partial charge < -0.3 is 15.9 Å². The van der Waals surface area contributed by atoms with Crippen LogP contribution in [0.15, 0.2) is 10.5 Å². The molecule has 72 valence electrons. The molecule has 0 aliphatic heterocycles. The molecule has 4 N–H and O–H groups in total. The normalized spacial score (nSPS) is 10.4. The van der Waals surface area contributed by atoms with Gasteiger partial charge in [-0.15, -0.1) is 0 Å². The number of hydrogen-bond donors (Lipinski definition) is 3. The Kier molecular flexibility index (Phi) is 3.11. The summed E-state index contributed by atoms with van der Waals surface area (Å²) in [6.45, 7) is 0.324. The Labute approximate surface area is 83.1 Å². The van der Waals surface area contributed by atoms with Gasteiger partial charge in [-0.1, -0.05) is 0 Å². The molecule has 1 aromatic carbocycles. The first kappa shape index (κ1) is 10.3. The minimum atomic E-state index is -0.863. The number of halogens is 2. The zero-order valence-electron chi connectivity index (χ0n) is 6.72. The maximum Gasteiger partial charge on any atom is 0.195 e. The van der Waals surface area contributed by atoms with Crippen LogP contribution in [0.25, 0.3) is 0 Å². The molecule has 0 aliphatic carbocycles. The molecule has 0 heterocycles. The number of aromatic hydroxyl groups is 2. The minimum Gasteiger partial charge on any atom is -0.504 e. The lowest BCUT2D eigenvalue weighted by Gasteiger charge is -2.07. The fourth-order valence-corrected chi connectivity index (χ4v) is 1.46. The molecule has 0 aromatic heterocycles. The first-order valence-electron chi connectivity index (χ1n) is 3.66. The van der Waals surface area contributed by atoms with Crippen LogP contribution in [0.1, 0.15) is 5.56 Å². The molecule has 0 spiro atoms. The van der Waals surface area contributed by atoms with Gasteiger partial charge in [-0.25, -0.2) is 4.39 Å². The van der Waals surface area contributed by atoms with Crippen LogP contribution in [0.2, 0.25) is 0 Å². The van der Waals surface area contributed by atoms with Crippen molar-refractivity contribution >= 4 is 15.9 Å². The molecule has 0 fully saturated rings. The van der Waals surface area contributed by atoms with Gasteiger partial charge in [-0.05, 0) is 35.0 Å². The van der Waals surface area contributed by atoms with Crippen LogP contribution in [0, 0.1) is 5.82 Å². The predicted molar refractivity (Wildman–Crippen MR) is 50.2 cm³/mol. The highest BCUT2D eigenvalue weighted by molar-refractivity contribution is 9.10. The Hall–Kier alpha value is -0.810. The number of rotatable bonds is 2. The van der Waals surface area contributed by atoms with E-state index >= 15 is 0 Å². The highest BCUT2D eigenvalue weighted by Gasteiger charge is 2.14. The topological polar surface area (TPSA) is 66.5 Å². The van der Waals surface area contributed by atoms with Crippen LogP contribution >= 0.6 is 15.9 Å². The van der Waals surface area contributed by atoms with E-state index in [0.29, 0.717) is 18.5 Å². The predicted octanol–water partition coefficient (Wildman–Crippen LogP) is 1.50. The molecule has 0 radical (unpaired) electrons. The highest BCUT2D eigenvalue weighted by Crippen LogP contribution is 2.36. The fourth-order valence-electron chi connectivity index (χ4n) is 1.000. The Bertz CT molecular complexity index is 330. The quantitative estimate of drug-likeness (QED) is 0.697. The summed E-state index contributed by atoms with van der Waals surface area (Å²) in [6.07, 6.45) is 0.387. The molecule has 3 nitrogen and oxygen atoms in total. The van der Waals surface area contributed by atoms with Gasteiger partial charge >= 0.3 is 0 Å². The lowest BCUT2D eigenvalue weighted by molar-refractivity contribution is 0.374. The van der Waals surface area contributed by atoms with Gasteiger partial charge in [-0.2, -0.15) is 0 Å². The largest absolute Gasteiger partial charge is 0.504 e. The van der Waals surface area contributed by atoms with E-state index in [2.05, 4.69) is 15.9 Å². The van der Waals surface area contributed by atoms with Gasteiger partial charge in [0.25, 0.3) is 0 Å². The van der Waals surface area contributed by atoms with Crippen molar-refractivity contribution in [2.75, 3.05) is 6.54 Å². The second kappa shape index (κ2) is 3.93. The van der Waals surface area contributed by atoms with E-state index in [4.69, 9.17) is 10.8 Å². The Morgan fingerprint density at radius 1 is 1.38 bits per heavy atom. The zero-order chi connectivity index (χ0) is 10.0. The molecule has 0 unspecified atom stereocenters. The van der Waals surface area contributed by atoms with E-state index in [1.54, 1.807) is 0 Å². The third kappa shape index (κ3) is 1.92. The molecule has 1 aromatic rings. The molecule has 0 amide bonds. The van der Waals surface area contributed by atoms with Crippen molar-refractivity contribution in [3.05, 3.63) is 21.9 Å². The molecule has 0 aliphatic rings. The summed E-state index contributed by atoms with van der Waals surface area (Å²) in [5.74, 6) is -2.04. The van der Waals surface area contributed by atoms with Crippen molar-refractivity contribution in [1.29, 1.82) is 0 Å². The molecule has 0 saturated carbocycles. The number of hydrogen-bond acceptors (Lipinski definition) is 3. The van der Waals surface area contributed by atoms with Crippen LogP contribution in [0.4, 0.5) is 4.39 Å². The van der Waals surface area contributed by atoms with Crippen LogP contribution in [-0.4, -0.2) is 16.8 Å². The SMILES string of the molecule is NCCc1cc(Br)c(F)c(O)c1O. The maximum absolute atomic E-state index is 12.9. The average molecular weight is 250 g/mol. The summed E-state index contributed by atoms with van der Waals surface area (Å²) >= 11 is 2.91. The Morgan fingerprint density at radius 2 is 2.00 bits per heavy atom. The van der Waals surface area contributed by atoms with Crippen LogP contribution in [0.5, 0.6) is 11.5 Å². The number of benzene rings is 1. The van der Waals surface area contributed by atoms with Crippen molar-refractivity contribution in [2.24, 2.45) is 5.73 Å². The van der Waals surface area contributed by atoms with E-state index in [9.17, 15) is 9.50 Å². The van der Waals surface area contributed by atoms with Gasteiger partial charge in [0.1, 0.15) is 0 Å². The smallest absolute Gasteiger partial charge is 0.195 e. The van der Waals surface area contributed by atoms with Crippen LogP contribution in [0.3, 0.4) is 0 Å². The van der Waals surface area contributed by atoms with Gasteiger partial charge in [0.05, 0.1) is 4.47 Å². The number of nitrogens with two attached hydrogens (primary N) is 1. The lowest BCUT2D eigenvalue weighted by atomic mass is 10.1. The average Bonchev–Trinajstić information content (AvgIpc) is 2.11. The van der Waals surface area contributed by atoms with Gasteiger partial charge in [0.15, 0.2) is 17.3 Å². The van der Waals surface area contributed by atoms with E-state index in [1.165, 1.54) is 6.07 Å². The maximum atomic E-state index is 12.9. The van der Waals surface area contributed by atoms with E-state index in [0.717, 1.165) is 0 Å². The highest BCUT2D eigenvalue weighted by atomic mass is 79.9. The second-order valence-corrected chi connectivity index (χ2v) is 3.42. The summed E-state index contributed by atoms with van der Waals surface area (Å²) in [7, 11) is 0. The fraction of sp³-hybridized carbons (Fsp3) is 0.250. The van der Waals surface area contributed by atoms with Gasteiger partial charge in [-0.3, -0.25) is 0 Å². The Morgan fingerprint density at radius 3 is 2.54 bits per heavy atom. The standard InChI is InChI=1S/C8H9BrFNO2/c9-5-3-4(1-2-11)7(12)8(13)6(5)10/h3,12-13H,1-2,11H2. The monoisotopic (exact) mass is 249 g/mol. The molecule has 0 saturated heterocycles. The molecule has 13 heavy (non-hydrogen) atoms. The van der Waals surface area contributed by atoms with E-state index in [1.807, 2.05) is 0 Å². The molecular formula is C8H9BrFNO2. The molecular weight excluding hydrogens is 241 g/mol. The Balaban J connectivity index is 3.24. The van der Waals surface area contributed by atoms with Crippen molar-refractivity contribution in [2.45, 2.75) is 6.42 Å². The van der Waals surface area contributed by atoms with Crippen molar-refractivity contribution < 1.29 is 14.6 Å². The second-order valence-electron chi connectivity index (χ2n) is 2.57. The molecule has 0 atom stereocenters. The van der Waals surface area contributed by atoms with Crippen LogP contribution in [-0.2, 0) is 6.42 Å². The van der Waals surface area contributed by atoms with Crippen molar-refractivity contribution in [1.82, 2.24) is 0 Å². The first-order chi connectivity index (χ1) is 6.07. The summed E-state index contributed by atoms with van der Waals surface area (Å²) in [6, 6.07) is 1.40. The lowest BCUT2D eigenvalue weighted by Crippen LogP contribution is -2.03. The number of phenolic OH excluding ortho intramolecular Hbond substituents is 2. The molecule has 1 rings (SSSR count). The molecule has 0 bridgehead atoms. The summed E-state index contributed by atoms with van der Waals surface area (Å²) in [5.41, 5.74) is 5.69. The van der Waals surface area contributed by atoms with E-state index < -0.39 is 17.3 Å². The van der Waals surface area contributed by atoms with Crippen LogP contribution < -0.4 is 5.73 Å². The third-order valence-corrected chi connectivity index (χ3v) is 2.24. The summed E-state index contributed by atoms with van der Waals surface area (Å²) < 4.78 is 13.0. The third-order valence-electron chi connectivity index (χ3n) is 1.66. The number of phenols is 2. The molecule has 5 heteroatoms. The summed E-state index contributed by atoms with van der Waals surface area (Å²) in [4.78, 5) is 0. The minimum absolute atomic E-state index is 0.117. The van der Waals surface area contributed by atoms with Crippen molar-refractivity contribution in [3.8, 4) is 11.5 Å². The van der Waals surface area contributed by atoms with Gasteiger partial charge in [0, 0.05) is 5.56 Å².